The van der Waals surface area contributed by atoms with Gasteiger partial charge < -0.3 is 9.47 Å². The Morgan fingerprint density at radius 2 is 2.03 bits per heavy atom. The van der Waals surface area contributed by atoms with Crippen LogP contribution >= 0.6 is 0 Å². The number of benzene rings is 1. The topological polar surface area (TPSA) is 51.0 Å². The fourth-order valence-corrected chi connectivity index (χ4v) is 3.40. The number of imidazole rings is 1. The molecule has 0 radical (unpaired) electrons. The maximum atomic E-state index is 14.6. The maximum absolute atomic E-state index is 14.6. The van der Waals surface area contributed by atoms with Gasteiger partial charge >= 0.3 is 0 Å². The number of nitrogens with zero attached hydrogens (tertiary/aromatic N) is 4. The van der Waals surface area contributed by atoms with E-state index in [1.165, 1.54) is 0 Å². The van der Waals surface area contributed by atoms with E-state index in [4.69, 9.17) is 4.98 Å². The Labute approximate surface area is 171 Å². The van der Waals surface area contributed by atoms with Crippen molar-refractivity contribution in [3.05, 3.63) is 59.3 Å². The van der Waals surface area contributed by atoms with Gasteiger partial charge in [0.2, 0.25) is 0 Å². The van der Waals surface area contributed by atoms with Gasteiger partial charge in [0.15, 0.2) is 5.65 Å². The fourth-order valence-electron chi connectivity index (χ4n) is 3.40. The van der Waals surface area contributed by atoms with Gasteiger partial charge in [0.05, 0.1) is 12.1 Å². The first kappa shape index (κ1) is 21.0. The van der Waals surface area contributed by atoms with E-state index in [1.54, 1.807) is 36.2 Å². The number of hydrogen-bond donors (Lipinski definition) is 0. The second-order valence-corrected chi connectivity index (χ2v) is 7.87. The Hall–Kier alpha value is -2.76. The zero-order chi connectivity index (χ0) is 21.0. The molecule has 0 bridgehead atoms. The van der Waals surface area contributed by atoms with Crippen molar-refractivity contribution in [3.63, 3.8) is 0 Å². The summed E-state index contributed by atoms with van der Waals surface area (Å²) in [5.74, 6) is 0.472. The Kier molecular flexibility index (Phi) is 6.62. The van der Waals surface area contributed by atoms with E-state index in [9.17, 15) is 9.18 Å². The highest BCUT2D eigenvalue weighted by molar-refractivity contribution is 5.94. The molecule has 0 spiro atoms. The number of pyridine rings is 1. The smallest absolute Gasteiger partial charge is 0.257 e. The zero-order valence-corrected chi connectivity index (χ0v) is 17.7. The van der Waals surface area contributed by atoms with Crippen molar-refractivity contribution in [3.8, 4) is 0 Å². The number of amides is 1. The largest absolute Gasteiger partial charge is 0.331 e. The van der Waals surface area contributed by atoms with Crippen LogP contribution in [0.15, 0.2) is 36.5 Å². The highest BCUT2D eigenvalue weighted by Crippen LogP contribution is 2.20. The third kappa shape index (κ3) is 4.63. The van der Waals surface area contributed by atoms with Gasteiger partial charge in [-0.15, -0.1) is 0 Å². The van der Waals surface area contributed by atoms with Crippen LogP contribution in [-0.2, 0) is 13.1 Å². The molecule has 0 N–H and O–H groups in total. The molecule has 2 heterocycles. The van der Waals surface area contributed by atoms with Crippen LogP contribution in [0.1, 0.15) is 55.4 Å². The molecule has 2 aromatic heterocycles. The fraction of sp³-hybridized carbons (Fsp3) is 0.435. The van der Waals surface area contributed by atoms with Gasteiger partial charge in [-0.25, -0.2) is 14.4 Å². The molecule has 0 atom stereocenters. The molecule has 1 aromatic carbocycles. The van der Waals surface area contributed by atoms with Crippen molar-refractivity contribution >= 4 is 17.1 Å². The summed E-state index contributed by atoms with van der Waals surface area (Å²) in [4.78, 5) is 24.2. The molecular formula is C23H29FN4O. The number of carbonyl (C=O) groups excluding carboxylic acids is 1. The lowest BCUT2D eigenvalue weighted by Gasteiger charge is -2.24. The van der Waals surface area contributed by atoms with Gasteiger partial charge in [-0.2, -0.15) is 0 Å². The minimum absolute atomic E-state index is 0.116. The summed E-state index contributed by atoms with van der Waals surface area (Å²) in [7, 11) is 0. The highest BCUT2D eigenvalue weighted by Gasteiger charge is 2.23. The zero-order valence-electron chi connectivity index (χ0n) is 17.7. The summed E-state index contributed by atoms with van der Waals surface area (Å²) >= 11 is 0. The van der Waals surface area contributed by atoms with E-state index in [-0.39, 0.29) is 11.5 Å². The molecule has 1 amide bonds. The molecule has 0 aliphatic heterocycles. The predicted molar refractivity (Wildman–Crippen MR) is 113 cm³/mol. The Balaban J connectivity index is 1.97. The van der Waals surface area contributed by atoms with E-state index in [1.807, 2.05) is 12.1 Å². The van der Waals surface area contributed by atoms with E-state index in [0.29, 0.717) is 24.6 Å². The van der Waals surface area contributed by atoms with Crippen molar-refractivity contribution in [1.82, 2.24) is 19.4 Å². The lowest BCUT2D eigenvalue weighted by Crippen LogP contribution is -2.34. The first-order chi connectivity index (χ1) is 13.9. The standard InChI is InChI=1S/C23H29FN4O/c1-5-13-28-20(26-19-10-7-12-25-22(19)28)15-27(14-11-16(2)3)23(29)18-9-6-8-17(4)21(18)24/h6-10,12,16H,5,11,13-15H2,1-4H3. The molecule has 29 heavy (non-hydrogen) atoms. The van der Waals surface area contributed by atoms with Gasteiger partial charge in [0.25, 0.3) is 5.91 Å². The van der Waals surface area contributed by atoms with Crippen LogP contribution in [0.25, 0.3) is 11.2 Å². The minimum Gasteiger partial charge on any atom is -0.331 e. The van der Waals surface area contributed by atoms with E-state index in [2.05, 4.69) is 30.3 Å². The van der Waals surface area contributed by atoms with Gasteiger partial charge in [0.1, 0.15) is 17.2 Å². The molecule has 154 valence electrons. The monoisotopic (exact) mass is 396 g/mol. The molecule has 5 nitrogen and oxygen atoms in total. The summed E-state index contributed by atoms with van der Waals surface area (Å²) in [5.41, 5.74) is 2.23. The van der Waals surface area contributed by atoms with Crippen molar-refractivity contribution in [2.75, 3.05) is 6.54 Å². The quantitative estimate of drug-likeness (QED) is 0.540. The Morgan fingerprint density at radius 3 is 2.76 bits per heavy atom. The maximum Gasteiger partial charge on any atom is 0.257 e. The first-order valence-corrected chi connectivity index (χ1v) is 10.3. The van der Waals surface area contributed by atoms with Crippen molar-refractivity contribution in [2.45, 2.75) is 53.6 Å². The lowest BCUT2D eigenvalue weighted by molar-refractivity contribution is 0.0724. The SMILES string of the molecule is CCCn1c(CN(CCC(C)C)C(=O)c2cccc(C)c2F)nc2cccnc21. The second kappa shape index (κ2) is 9.16. The van der Waals surface area contributed by atoms with Gasteiger partial charge in [-0.3, -0.25) is 4.79 Å². The normalized spacial score (nSPS) is 11.4. The molecule has 6 heteroatoms. The van der Waals surface area contributed by atoms with Crippen LogP contribution in [0.2, 0.25) is 0 Å². The molecule has 0 unspecified atom stereocenters. The van der Waals surface area contributed by atoms with Gasteiger partial charge in [0, 0.05) is 19.3 Å². The third-order valence-electron chi connectivity index (χ3n) is 5.05. The van der Waals surface area contributed by atoms with Crippen molar-refractivity contribution in [2.24, 2.45) is 5.92 Å². The van der Waals surface area contributed by atoms with Gasteiger partial charge in [-0.05, 0) is 49.4 Å². The highest BCUT2D eigenvalue weighted by atomic mass is 19.1. The lowest BCUT2D eigenvalue weighted by atomic mass is 10.1. The molecule has 0 aliphatic carbocycles. The number of hydrogen-bond acceptors (Lipinski definition) is 3. The number of halogens is 1. The van der Waals surface area contributed by atoms with Crippen LogP contribution in [0.5, 0.6) is 0 Å². The Bertz CT molecular complexity index is 996. The van der Waals surface area contributed by atoms with Crippen LogP contribution in [0, 0.1) is 18.7 Å². The minimum atomic E-state index is -0.448. The van der Waals surface area contributed by atoms with E-state index in [0.717, 1.165) is 36.4 Å². The van der Waals surface area contributed by atoms with Crippen LogP contribution in [0.3, 0.4) is 0 Å². The number of aromatic nitrogens is 3. The van der Waals surface area contributed by atoms with E-state index < -0.39 is 5.82 Å². The Morgan fingerprint density at radius 1 is 1.24 bits per heavy atom. The average Bonchev–Trinajstić information content (AvgIpc) is 3.04. The molecule has 0 fully saturated rings. The number of rotatable bonds is 8. The molecule has 0 aliphatic rings. The summed E-state index contributed by atoms with van der Waals surface area (Å²) in [6.07, 6.45) is 3.52. The van der Waals surface area contributed by atoms with Crippen LogP contribution in [-0.4, -0.2) is 31.9 Å². The number of aryl methyl sites for hydroxylation is 2. The summed E-state index contributed by atoms with van der Waals surface area (Å²) in [5, 5.41) is 0. The van der Waals surface area contributed by atoms with Crippen LogP contribution < -0.4 is 0 Å². The average molecular weight is 397 g/mol. The summed E-state index contributed by atoms with van der Waals surface area (Å²) in [6.45, 7) is 9.66. The van der Waals surface area contributed by atoms with Crippen molar-refractivity contribution < 1.29 is 9.18 Å². The molecular weight excluding hydrogens is 367 g/mol. The molecule has 0 saturated carbocycles. The predicted octanol–water partition coefficient (Wildman–Crippen LogP) is 4.98. The second-order valence-electron chi connectivity index (χ2n) is 7.87. The number of fused-ring (bicyclic) bond motifs is 1. The summed E-state index contributed by atoms with van der Waals surface area (Å²) in [6, 6.07) is 8.75. The molecule has 3 rings (SSSR count). The summed E-state index contributed by atoms with van der Waals surface area (Å²) < 4.78 is 16.7. The van der Waals surface area contributed by atoms with Crippen molar-refractivity contribution in [1.29, 1.82) is 0 Å². The first-order valence-electron chi connectivity index (χ1n) is 10.3. The van der Waals surface area contributed by atoms with Gasteiger partial charge in [-0.1, -0.05) is 32.9 Å². The van der Waals surface area contributed by atoms with Crippen LogP contribution in [0.4, 0.5) is 4.39 Å². The number of carbonyl (C=O) groups is 1. The third-order valence-corrected chi connectivity index (χ3v) is 5.05. The van der Waals surface area contributed by atoms with E-state index >= 15 is 0 Å². The molecule has 0 saturated heterocycles. The molecule has 3 aromatic rings.